The Morgan fingerprint density at radius 2 is 1.96 bits per heavy atom. The van der Waals surface area contributed by atoms with Gasteiger partial charge in [0.2, 0.25) is 0 Å². The van der Waals surface area contributed by atoms with Crippen LogP contribution in [0.1, 0.15) is 71.9 Å². The van der Waals surface area contributed by atoms with E-state index in [1.165, 1.54) is 5.56 Å². The molecule has 5 nitrogen and oxygen atoms in total. The predicted molar refractivity (Wildman–Crippen MR) is 88.3 cm³/mol. The van der Waals surface area contributed by atoms with Crippen LogP contribution in [-0.2, 0) is 0 Å². The Bertz CT molecular complexity index is 672. The Morgan fingerprint density at radius 3 is 2.57 bits per heavy atom. The van der Waals surface area contributed by atoms with Crippen LogP contribution in [0.5, 0.6) is 0 Å². The van der Waals surface area contributed by atoms with Crippen molar-refractivity contribution in [1.29, 1.82) is 0 Å². The lowest BCUT2D eigenvalue weighted by Crippen LogP contribution is -2.32. The molecule has 5 heteroatoms. The molecule has 1 heterocycles. The van der Waals surface area contributed by atoms with Crippen LogP contribution in [0.3, 0.4) is 0 Å². The molecule has 2 aromatic rings. The summed E-state index contributed by atoms with van der Waals surface area (Å²) >= 11 is 0. The van der Waals surface area contributed by atoms with Gasteiger partial charge in [0.25, 0.3) is 5.91 Å². The minimum Gasteiger partial charge on any atom is -0.360 e. The molecule has 1 aromatic carbocycles. The number of hydrogen-bond donors (Lipinski definition) is 2. The first kappa shape index (κ1) is 15.7. The molecule has 3 N–H and O–H groups in total. The summed E-state index contributed by atoms with van der Waals surface area (Å²) in [6.07, 6.45) is 2.24. The summed E-state index contributed by atoms with van der Waals surface area (Å²) in [6.45, 7) is 4.68. The number of carbonyl (C=O) groups is 1. The van der Waals surface area contributed by atoms with Crippen LogP contribution in [-0.4, -0.2) is 17.6 Å². The first-order valence-corrected chi connectivity index (χ1v) is 8.15. The molecule has 23 heavy (non-hydrogen) atoms. The molecule has 1 atom stereocenters. The van der Waals surface area contributed by atoms with Crippen molar-refractivity contribution in [2.75, 3.05) is 6.54 Å². The zero-order valence-electron chi connectivity index (χ0n) is 13.6. The van der Waals surface area contributed by atoms with E-state index in [4.69, 9.17) is 10.3 Å². The number of amides is 1. The quantitative estimate of drug-likeness (QED) is 0.858. The van der Waals surface area contributed by atoms with Gasteiger partial charge in [-0.1, -0.05) is 43.3 Å². The molecule has 0 radical (unpaired) electrons. The van der Waals surface area contributed by atoms with Gasteiger partial charge in [-0.15, -0.1) is 0 Å². The highest BCUT2D eigenvalue weighted by atomic mass is 16.5. The lowest BCUT2D eigenvalue weighted by molar-refractivity contribution is 0.0942. The first-order chi connectivity index (χ1) is 11.0. The number of hydrogen-bond acceptors (Lipinski definition) is 4. The van der Waals surface area contributed by atoms with Crippen molar-refractivity contribution in [1.82, 2.24) is 10.5 Å². The lowest BCUT2D eigenvalue weighted by Gasteiger charge is -2.14. The van der Waals surface area contributed by atoms with Crippen LogP contribution in [0.4, 0.5) is 0 Å². The summed E-state index contributed by atoms with van der Waals surface area (Å²) in [5.41, 5.74) is 8.77. The highest BCUT2D eigenvalue weighted by Gasteiger charge is 2.28. The third-order valence-corrected chi connectivity index (χ3v) is 4.25. The fourth-order valence-electron chi connectivity index (χ4n) is 2.50. The molecule has 0 bridgehead atoms. The average molecular weight is 313 g/mol. The second kappa shape index (κ2) is 6.54. The third-order valence-electron chi connectivity index (χ3n) is 4.25. The van der Waals surface area contributed by atoms with E-state index >= 15 is 0 Å². The van der Waals surface area contributed by atoms with Crippen molar-refractivity contribution >= 4 is 5.91 Å². The molecule has 0 aliphatic heterocycles. The normalized spacial score (nSPS) is 15.7. The molecule has 0 saturated heterocycles. The Kier molecular flexibility index (Phi) is 4.48. The maximum Gasteiger partial charge on any atom is 0.273 e. The van der Waals surface area contributed by atoms with Crippen LogP contribution < -0.4 is 11.1 Å². The molecule has 1 aliphatic rings. The van der Waals surface area contributed by atoms with E-state index in [1.807, 2.05) is 12.1 Å². The number of rotatable bonds is 6. The number of aromatic nitrogens is 1. The highest BCUT2D eigenvalue weighted by Crippen LogP contribution is 2.40. The Labute approximate surface area is 136 Å². The SMILES string of the molecule is CC(C)c1ccc(C(N)CNC(=O)c2cc(C3CC3)on2)cc1. The van der Waals surface area contributed by atoms with Crippen molar-refractivity contribution in [2.45, 2.75) is 44.6 Å². The van der Waals surface area contributed by atoms with Gasteiger partial charge in [0.1, 0.15) is 5.76 Å². The molecule has 1 amide bonds. The molecular formula is C18H23N3O2. The molecule has 1 aromatic heterocycles. The van der Waals surface area contributed by atoms with Gasteiger partial charge in [-0.2, -0.15) is 0 Å². The molecule has 1 aliphatic carbocycles. The second-order valence-corrected chi connectivity index (χ2v) is 6.53. The summed E-state index contributed by atoms with van der Waals surface area (Å²) < 4.78 is 5.19. The van der Waals surface area contributed by atoms with Gasteiger partial charge < -0.3 is 15.6 Å². The molecule has 1 unspecified atom stereocenters. The smallest absolute Gasteiger partial charge is 0.273 e. The monoisotopic (exact) mass is 313 g/mol. The molecule has 3 rings (SSSR count). The van der Waals surface area contributed by atoms with Crippen molar-refractivity contribution in [3.8, 4) is 0 Å². The number of nitrogens with zero attached hydrogens (tertiary/aromatic N) is 1. The molecule has 1 saturated carbocycles. The Hall–Kier alpha value is -2.14. The van der Waals surface area contributed by atoms with Gasteiger partial charge in [0.15, 0.2) is 5.69 Å². The summed E-state index contributed by atoms with van der Waals surface area (Å²) in [4.78, 5) is 12.1. The maximum atomic E-state index is 12.1. The number of carbonyl (C=O) groups excluding carboxylic acids is 1. The average Bonchev–Trinajstić information content (AvgIpc) is 3.29. The summed E-state index contributed by atoms with van der Waals surface area (Å²) in [5, 5.41) is 6.65. The van der Waals surface area contributed by atoms with Crippen molar-refractivity contribution in [3.63, 3.8) is 0 Å². The van der Waals surface area contributed by atoms with E-state index in [2.05, 4.69) is 36.5 Å². The minimum atomic E-state index is -0.241. The fourth-order valence-corrected chi connectivity index (χ4v) is 2.50. The van der Waals surface area contributed by atoms with Gasteiger partial charge in [-0.05, 0) is 29.9 Å². The van der Waals surface area contributed by atoms with Crippen LogP contribution in [0.25, 0.3) is 0 Å². The maximum absolute atomic E-state index is 12.1. The first-order valence-electron chi connectivity index (χ1n) is 8.15. The second-order valence-electron chi connectivity index (χ2n) is 6.53. The molecule has 122 valence electrons. The number of nitrogens with two attached hydrogens (primary N) is 1. The topological polar surface area (TPSA) is 81.1 Å². The zero-order chi connectivity index (χ0) is 16.4. The van der Waals surface area contributed by atoms with Crippen molar-refractivity contribution < 1.29 is 9.32 Å². The summed E-state index contributed by atoms with van der Waals surface area (Å²) in [5.74, 6) is 1.51. The van der Waals surface area contributed by atoms with E-state index in [1.54, 1.807) is 6.07 Å². The largest absolute Gasteiger partial charge is 0.360 e. The van der Waals surface area contributed by atoms with Crippen molar-refractivity contribution in [3.05, 3.63) is 52.9 Å². The van der Waals surface area contributed by atoms with Gasteiger partial charge in [-0.25, -0.2) is 0 Å². The fraction of sp³-hybridized carbons (Fsp3) is 0.444. The predicted octanol–water partition coefficient (Wildman–Crippen LogP) is 3.11. The minimum absolute atomic E-state index is 0.241. The summed E-state index contributed by atoms with van der Waals surface area (Å²) in [7, 11) is 0. The number of nitrogens with one attached hydrogen (secondary N) is 1. The third kappa shape index (κ3) is 3.79. The van der Waals surface area contributed by atoms with Crippen molar-refractivity contribution in [2.24, 2.45) is 5.73 Å². The zero-order valence-corrected chi connectivity index (χ0v) is 13.6. The van der Waals surface area contributed by atoms with E-state index in [0.29, 0.717) is 24.1 Å². The van der Waals surface area contributed by atoms with Gasteiger partial charge in [-0.3, -0.25) is 4.79 Å². The van der Waals surface area contributed by atoms with Gasteiger partial charge >= 0.3 is 0 Å². The van der Waals surface area contributed by atoms with Crippen LogP contribution >= 0.6 is 0 Å². The number of benzene rings is 1. The molecule has 1 fully saturated rings. The Morgan fingerprint density at radius 1 is 1.30 bits per heavy atom. The van der Waals surface area contributed by atoms with Gasteiger partial charge in [0, 0.05) is 24.6 Å². The van der Waals surface area contributed by atoms with Gasteiger partial charge in [0.05, 0.1) is 0 Å². The van der Waals surface area contributed by atoms with E-state index in [9.17, 15) is 4.79 Å². The molecule has 0 spiro atoms. The lowest BCUT2D eigenvalue weighted by atomic mass is 9.99. The standard InChI is InChI=1S/C18H23N3O2/c1-11(2)12-3-5-13(6-4-12)15(19)10-20-18(22)16-9-17(23-21-16)14-7-8-14/h3-6,9,11,14-15H,7-8,10,19H2,1-2H3,(H,20,22). The highest BCUT2D eigenvalue weighted by molar-refractivity contribution is 5.92. The Balaban J connectivity index is 1.54. The van der Waals surface area contributed by atoms with E-state index in [-0.39, 0.29) is 11.9 Å². The van der Waals surface area contributed by atoms with Crippen LogP contribution in [0.2, 0.25) is 0 Å². The van der Waals surface area contributed by atoms with E-state index < -0.39 is 0 Å². The van der Waals surface area contributed by atoms with Crippen LogP contribution in [0.15, 0.2) is 34.9 Å². The summed E-state index contributed by atoms with van der Waals surface area (Å²) in [6, 6.07) is 9.70. The van der Waals surface area contributed by atoms with Crippen LogP contribution in [0, 0.1) is 0 Å². The van der Waals surface area contributed by atoms with E-state index in [0.717, 1.165) is 24.2 Å². The molecular weight excluding hydrogens is 290 g/mol.